The van der Waals surface area contributed by atoms with Crippen LogP contribution in [0.5, 0.6) is 0 Å². The molecular formula is C16H16ClNO6. The van der Waals surface area contributed by atoms with Crippen LogP contribution in [0, 0.1) is 5.41 Å². The van der Waals surface area contributed by atoms with Crippen LogP contribution in [0.1, 0.15) is 25.5 Å². The predicted octanol–water partition coefficient (Wildman–Crippen LogP) is 1.84. The molecule has 8 heteroatoms. The highest BCUT2D eigenvalue weighted by atomic mass is 35.5. The van der Waals surface area contributed by atoms with Crippen molar-refractivity contribution in [2.75, 3.05) is 18.5 Å². The first-order chi connectivity index (χ1) is 11.5. The minimum atomic E-state index is -1.91. The molecule has 3 rings (SSSR count). The fourth-order valence-corrected chi connectivity index (χ4v) is 3.34. The number of carbonyl (C=O) groups excluding carboxylic acids is 3. The van der Waals surface area contributed by atoms with E-state index in [9.17, 15) is 14.4 Å². The second-order valence-corrected chi connectivity index (χ2v) is 5.87. The summed E-state index contributed by atoms with van der Waals surface area (Å²) in [4.78, 5) is 37.7. The molecule has 2 aliphatic rings. The van der Waals surface area contributed by atoms with Gasteiger partial charge in [-0.25, -0.2) is 4.79 Å². The zero-order valence-corrected chi connectivity index (χ0v) is 13.9. The number of hydrogen-bond acceptors (Lipinski definition) is 7. The van der Waals surface area contributed by atoms with Crippen molar-refractivity contribution in [1.82, 2.24) is 0 Å². The van der Waals surface area contributed by atoms with E-state index < -0.39 is 35.5 Å². The number of benzene rings is 1. The first-order valence-electron chi connectivity index (χ1n) is 7.57. The van der Waals surface area contributed by atoms with Gasteiger partial charge in [0.05, 0.1) is 13.2 Å². The minimum absolute atomic E-state index is 0.0566. The topological polar surface area (TPSA) is 90.9 Å². The molecule has 0 unspecified atom stereocenters. The molecule has 1 aromatic rings. The number of carbonyl (C=O) groups is 3. The lowest BCUT2D eigenvalue weighted by Crippen LogP contribution is -2.57. The van der Waals surface area contributed by atoms with Gasteiger partial charge in [0.25, 0.3) is 0 Å². The highest BCUT2D eigenvalue weighted by Crippen LogP contribution is 2.54. The molecule has 0 radical (unpaired) electrons. The summed E-state index contributed by atoms with van der Waals surface area (Å²) in [6, 6.07) is 3.58. The maximum atomic E-state index is 12.7. The number of rotatable bonds is 4. The zero-order valence-electron chi connectivity index (χ0n) is 13.1. The summed E-state index contributed by atoms with van der Waals surface area (Å²) >= 11 is 5.98. The van der Waals surface area contributed by atoms with E-state index in [1.54, 1.807) is 32.0 Å². The fraction of sp³-hybridized carbons (Fsp3) is 0.438. The molecule has 0 aromatic heterocycles. The Morgan fingerprint density at radius 2 is 1.88 bits per heavy atom. The van der Waals surface area contributed by atoms with Crippen LogP contribution >= 0.6 is 11.6 Å². The molecule has 2 heterocycles. The average Bonchev–Trinajstić information content (AvgIpc) is 2.74. The standard InChI is InChI=1S/C16H16ClNO6/c1-3-22-14(20)16(15(21)23-4-2)11-13(19)24-12(16)9-6-5-8(17)7-10(9)18-11/h5-7,11-12,18H,3-4H2,1-2H3/t11-,12-/m1/s1. The third-order valence-corrected chi connectivity index (χ3v) is 4.40. The van der Waals surface area contributed by atoms with Crippen molar-refractivity contribution < 1.29 is 28.6 Å². The van der Waals surface area contributed by atoms with Gasteiger partial charge < -0.3 is 19.5 Å². The number of fused-ring (bicyclic) bond motifs is 4. The van der Waals surface area contributed by atoms with E-state index in [1.807, 2.05) is 0 Å². The Hall–Kier alpha value is -2.28. The number of ether oxygens (including phenoxy) is 3. The van der Waals surface area contributed by atoms with Gasteiger partial charge in [0, 0.05) is 16.3 Å². The molecule has 0 spiro atoms. The molecule has 2 bridgehead atoms. The number of anilines is 1. The van der Waals surface area contributed by atoms with E-state index in [2.05, 4.69) is 5.32 Å². The number of nitrogens with one attached hydrogen (secondary N) is 1. The maximum absolute atomic E-state index is 12.7. The molecule has 1 saturated heterocycles. The van der Waals surface area contributed by atoms with Gasteiger partial charge in [-0.3, -0.25) is 9.59 Å². The Morgan fingerprint density at radius 3 is 2.46 bits per heavy atom. The molecule has 7 nitrogen and oxygen atoms in total. The molecule has 0 saturated carbocycles. The Kier molecular flexibility index (Phi) is 4.13. The largest absolute Gasteiger partial charge is 0.465 e. The van der Waals surface area contributed by atoms with Crippen LogP contribution in [-0.2, 0) is 28.6 Å². The monoisotopic (exact) mass is 353 g/mol. The number of hydrogen-bond donors (Lipinski definition) is 1. The van der Waals surface area contributed by atoms with Gasteiger partial charge in [-0.05, 0) is 26.0 Å². The van der Waals surface area contributed by atoms with Crippen LogP contribution in [0.15, 0.2) is 18.2 Å². The van der Waals surface area contributed by atoms with Crippen molar-refractivity contribution in [2.45, 2.75) is 26.0 Å². The molecule has 0 aliphatic carbocycles. The van der Waals surface area contributed by atoms with Crippen molar-refractivity contribution in [3.63, 3.8) is 0 Å². The summed E-state index contributed by atoms with van der Waals surface area (Å²) in [5.41, 5.74) is -0.903. The van der Waals surface area contributed by atoms with E-state index in [0.717, 1.165) is 0 Å². The quantitative estimate of drug-likeness (QED) is 0.501. The van der Waals surface area contributed by atoms with E-state index in [-0.39, 0.29) is 13.2 Å². The second-order valence-electron chi connectivity index (χ2n) is 5.44. The normalized spacial score (nSPS) is 22.9. The summed E-state index contributed by atoms with van der Waals surface area (Å²) in [6.45, 7) is 3.35. The minimum Gasteiger partial charge on any atom is -0.465 e. The zero-order chi connectivity index (χ0) is 17.5. The average molecular weight is 354 g/mol. The SMILES string of the molecule is CCOC(=O)C1(C(=O)OCC)[C@@H]2Nc3cc(Cl)ccc3[C@H]1OC2=O. The van der Waals surface area contributed by atoms with Crippen molar-refractivity contribution in [1.29, 1.82) is 0 Å². The Balaban J connectivity index is 2.18. The summed E-state index contributed by atoms with van der Waals surface area (Å²) in [5.74, 6) is -2.41. The summed E-state index contributed by atoms with van der Waals surface area (Å²) in [5, 5.41) is 3.34. The number of halogens is 1. The lowest BCUT2D eigenvalue weighted by atomic mass is 9.71. The highest BCUT2D eigenvalue weighted by molar-refractivity contribution is 6.31. The lowest BCUT2D eigenvalue weighted by Gasteiger charge is -2.37. The molecule has 1 N–H and O–H groups in total. The van der Waals surface area contributed by atoms with Crippen LogP contribution in [0.25, 0.3) is 0 Å². The van der Waals surface area contributed by atoms with Gasteiger partial charge in [-0.15, -0.1) is 0 Å². The third kappa shape index (κ3) is 2.15. The van der Waals surface area contributed by atoms with Gasteiger partial charge in [0.15, 0.2) is 12.1 Å². The molecule has 0 amide bonds. The second kappa shape index (κ2) is 5.98. The van der Waals surface area contributed by atoms with Gasteiger partial charge in [-0.1, -0.05) is 17.7 Å². The van der Waals surface area contributed by atoms with Crippen LogP contribution < -0.4 is 5.32 Å². The maximum Gasteiger partial charge on any atom is 0.331 e. The van der Waals surface area contributed by atoms with Crippen LogP contribution in [-0.4, -0.2) is 37.2 Å². The molecule has 1 fully saturated rings. The van der Waals surface area contributed by atoms with Gasteiger partial charge in [0.2, 0.25) is 5.41 Å². The Morgan fingerprint density at radius 1 is 1.25 bits per heavy atom. The van der Waals surface area contributed by atoms with Crippen molar-refractivity contribution in [2.24, 2.45) is 5.41 Å². The van der Waals surface area contributed by atoms with Crippen LogP contribution in [0.4, 0.5) is 5.69 Å². The van der Waals surface area contributed by atoms with E-state index in [0.29, 0.717) is 16.3 Å². The van der Waals surface area contributed by atoms with Crippen LogP contribution in [0.2, 0.25) is 5.02 Å². The van der Waals surface area contributed by atoms with Crippen LogP contribution in [0.3, 0.4) is 0 Å². The molecule has 1 aromatic carbocycles. The third-order valence-electron chi connectivity index (χ3n) is 4.16. The molecule has 128 valence electrons. The molecule has 2 aliphatic heterocycles. The Labute approximate surface area is 143 Å². The van der Waals surface area contributed by atoms with Crippen molar-refractivity contribution in [3.8, 4) is 0 Å². The first-order valence-corrected chi connectivity index (χ1v) is 7.95. The lowest BCUT2D eigenvalue weighted by molar-refractivity contribution is -0.177. The number of esters is 3. The summed E-state index contributed by atoms with van der Waals surface area (Å²) < 4.78 is 15.5. The molecular weight excluding hydrogens is 338 g/mol. The Bertz CT molecular complexity index is 701. The van der Waals surface area contributed by atoms with Crippen molar-refractivity contribution >= 4 is 35.2 Å². The summed E-state index contributed by atoms with van der Waals surface area (Å²) in [7, 11) is 0. The predicted molar refractivity (Wildman–Crippen MR) is 83.4 cm³/mol. The smallest absolute Gasteiger partial charge is 0.331 e. The van der Waals surface area contributed by atoms with E-state index in [4.69, 9.17) is 25.8 Å². The van der Waals surface area contributed by atoms with Gasteiger partial charge >= 0.3 is 17.9 Å². The van der Waals surface area contributed by atoms with Gasteiger partial charge in [0.1, 0.15) is 0 Å². The first kappa shape index (κ1) is 16.6. The summed E-state index contributed by atoms with van der Waals surface area (Å²) in [6.07, 6.45) is -1.12. The molecule has 24 heavy (non-hydrogen) atoms. The van der Waals surface area contributed by atoms with E-state index >= 15 is 0 Å². The fourth-order valence-electron chi connectivity index (χ4n) is 3.17. The van der Waals surface area contributed by atoms with E-state index in [1.165, 1.54) is 0 Å². The van der Waals surface area contributed by atoms with Gasteiger partial charge in [-0.2, -0.15) is 0 Å². The highest BCUT2D eigenvalue weighted by Gasteiger charge is 2.72. The van der Waals surface area contributed by atoms with Crippen molar-refractivity contribution in [3.05, 3.63) is 28.8 Å². The molecule has 2 atom stereocenters.